The van der Waals surface area contributed by atoms with Crippen molar-refractivity contribution < 1.29 is 36.0 Å². The third-order valence-corrected chi connectivity index (χ3v) is 5.75. The number of hydrogen-bond acceptors (Lipinski definition) is 7. The molecule has 0 spiro atoms. The molecule has 146 valence electrons. The van der Waals surface area contributed by atoms with E-state index in [2.05, 4.69) is 9.50 Å². The quantitative estimate of drug-likeness (QED) is 0.398. The molecular formula is C16H14F3NO5S2. The van der Waals surface area contributed by atoms with Crippen molar-refractivity contribution in [2.24, 2.45) is 0 Å². The van der Waals surface area contributed by atoms with Crippen molar-refractivity contribution in [1.29, 1.82) is 0 Å². The molecule has 0 saturated heterocycles. The van der Waals surface area contributed by atoms with Crippen LogP contribution in [0.2, 0.25) is 0 Å². The van der Waals surface area contributed by atoms with Crippen LogP contribution in [-0.4, -0.2) is 35.8 Å². The highest BCUT2D eigenvalue weighted by Crippen LogP contribution is 2.41. The number of nitrogens with one attached hydrogen (secondary N) is 1. The Kier molecular flexibility index (Phi) is 5.16. The Hall–Kier alpha value is -1.79. The molecule has 1 aliphatic heterocycles. The van der Waals surface area contributed by atoms with E-state index in [0.717, 1.165) is 17.7 Å². The first-order valence-corrected chi connectivity index (χ1v) is 9.78. The Labute approximate surface area is 157 Å². The van der Waals surface area contributed by atoms with E-state index in [1.54, 1.807) is 30.3 Å². The minimum absolute atomic E-state index is 0.175. The molecule has 0 amide bonds. The first-order valence-electron chi connectivity index (χ1n) is 7.55. The SMILES string of the molecule is O=S(=O)(Oc1ccc2c(c1)SC(O)(O)CNC2c1ccccc1)C(F)(F)F. The second-order valence-electron chi connectivity index (χ2n) is 5.75. The third-order valence-electron chi connectivity index (χ3n) is 3.73. The van der Waals surface area contributed by atoms with Gasteiger partial charge in [-0.25, -0.2) is 0 Å². The highest BCUT2D eigenvalue weighted by atomic mass is 32.2. The van der Waals surface area contributed by atoms with Crippen LogP contribution >= 0.6 is 11.8 Å². The maximum atomic E-state index is 12.5. The predicted octanol–water partition coefficient (Wildman–Crippen LogP) is 2.34. The predicted molar refractivity (Wildman–Crippen MR) is 91.4 cm³/mol. The molecule has 0 bridgehead atoms. The highest BCUT2D eigenvalue weighted by molar-refractivity contribution is 8.00. The molecule has 0 aromatic heterocycles. The van der Waals surface area contributed by atoms with Gasteiger partial charge in [0.1, 0.15) is 5.75 Å². The van der Waals surface area contributed by atoms with Crippen LogP contribution in [0.4, 0.5) is 13.2 Å². The second-order valence-corrected chi connectivity index (χ2v) is 8.59. The van der Waals surface area contributed by atoms with E-state index in [0.29, 0.717) is 17.3 Å². The second kappa shape index (κ2) is 6.99. The van der Waals surface area contributed by atoms with Crippen LogP contribution in [0, 0.1) is 0 Å². The molecule has 1 heterocycles. The molecule has 0 radical (unpaired) electrons. The maximum absolute atomic E-state index is 12.5. The minimum atomic E-state index is -5.83. The van der Waals surface area contributed by atoms with Gasteiger partial charge in [-0.05, 0) is 23.3 Å². The fourth-order valence-corrected chi connectivity index (χ4v) is 4.01. The van der Waals surface area contributed by atoms with Gasteiger partial charge in [-0.1, -0.05) is 48.2 Å². The lowest BCUT2D eigenvalue weighted by molar-refractivity contribution is -0.0730. The largest absolute Gasteiger partial charge is 0.534 e. The zero-order valence-corrected chi connectivity index (χ0v) is 15.1. The van der Waals surface area contributed by atoms with Crippen molar-refractivity contribution in [2.45, 2.75) is 21.6 Å². The third kappa shape index (κ3) is 4.38. The standard InChI is InChI=1S/C16H14F3NO5S2/c17-16(18,19)27(23,24)25-11-6-7-12-13(8-11)26-15(21,22)9-20-14(12)10-4-2-1-3-5-10/h1-8,14,20-22H,9H2. The van der Waals surface area contributed by atoms with Crippen LogP contribution in [0.25, 0.3) is 0 Å². The Morgan fingerprint density at radius 2 is 1.81 bits per heavy atom. The summed E-state index contributed by atoms with van der Waals surface area (Å²) in [7, 11) is -5.83. The number of aliphatic hydroxyl groups is 2. The normalized spacial score (nSPS) is 19.8. The number of benzene rings is 2. The monoisotopic (exact) mass is 421 g/mol. The molecular weight excluding hydrogens is 407 g/mol. The van der Waals surface area contributed by atoms with Gasteiger partial charge in [0.25, 0.3) is 0 Å². The summed E-state index contributed by atoms with van der Waals surface area (Å²) < 4.78 is 64.1. The summed E-state index contributed by atoms with van der Waals surface area (Å²) in [5.41, 5.74) is -4.25. The van der Waals surface area contributed by atoms with Crippen molar-refractivity contribution >= 4 is 21.9 Å². The number of β-amino-alcohol motifs (C(OH)–C–C–N with tert-alkyl or cyclic N) is 2. The Balaban J connectivity index is 2.03. The molecule has 2 aromatic carbocycles. The first-order chi connectivity index (χ1) is 12.5. The van der Waals surface area contributed by atoms with Crippen molar-refractivity contribution in [2.75, 3.05) is 6.54 Å². The maximum Gasteiger partial charge on any atom is 0.534 e. The molecule has 2 aromatic rings. The minimum Gasteiger partial charge on any atom is -0.376 e. The van der Waals surface area contributed by atoms with Gasteiger partial charge >= 0.3 is 15.6 Å². The lowest BCUT2D eigenvalue weighted by Crippen LogP contribution is -2.37. The van der Waals surface area contributed by atoms with Gasteiger partial charge in [0, 0.05) is 4.90 Å². The van der Waals surface area contributed by atoms with Crippen LogP contribution in [0.15, 0.2) is 53.4 Å². The van der Waals surface area contributed by atoms with E-state index < -0.39 is 32.5 Å². The van der Waals surface area contributed by atoms with Crippen LogP contribution in [-0.2, 0) is 10.1 Å². The molecule has 3 rings (SSSR count). The van der Waals surface area contributed by atoms with Crippen LogP contribution in [0.5, 0.6) is 5.75 Å². The number of alkyl halides is 3. The summed E-state index contributed by atoms with van der Waals surface area (Å²) in [5, 5.41) is 20.8. The molecule has 1 aliphatic rings. The van der Waals surface area contributed by atoms with E-state index in [9.17, 15) is 31.8 Å². The van der Waals surface area contributed by atoms with Gasteiger partial charge in [-0.2, -0.15) is 21.6 Å². The van der Waals surface area contributed by atoms with Gasteiger partial charge in [-0.15, -0.1) is 0 Å². The van der Waals surface area contributed by atoms with Gasteiger partial charge in [0.2, 0.25) is 5.12 Å². The number of rotatable bonds is 3. The van der Waals surface area contributed by atoms with E-state index in [1.807, 2.05) is 0 Å². The van der Waals surface area contributed by atoms with Gasteiger partial charge in [0.15, 0.2) is 0 Å². The highest BCUT2D eigenvalue weighted by Gasteiger charge is 2.48. The molecule has 1 atom stereocenters. The average Bonchev–Trinajstić information content (AvgIpc) is 2.68. The van der Waals surface area contributed by atoms with Crippen molar-refractivity contribution in [1.82, 2.24) is 5.32 Å². The summed E-state index contributed by atoms with van der Waals surface area (Å²) >= 11 is 0.574. The van der Waals surface area contributed by atoms with Crippen LogP contribution in [0.3, 0.4) is 0 Å². The van der Waals surface area contributed by atoms with Gasteiger partial charge in [0.05, 0.1) is 12.6 Å². The van der Waals surface area contributed by atoms with E-state index in [-0.39, 0.29) is 11.4 Å². The van der Waals surface area contributed by atoms with Crippen molar-refractivity contribution in [3.63, 3.8) is 0 Å². The smallest absolute Gasteiger partial charge is 0.376 e. The lowest BCUT2D eigenvalue weighted by Gasteiger charge is -2.20. The summed E-state index contributed by atoms with van der Waals surface area (Å²) in [6.45, 7) is -0.233. The lowest BCUT2D eigenvalue weighted by atomic mass is 9.98. The van der Waals surface area contributed by atoms with Crippen molar-refractivity contribution in [3.8, 4) is 5.75 Å². The first kappa shape index (κ1) is 20.0. The molecule has 11 heteroatoms. The van der Waals surface area contributed by atoms with Crippen molar-refractivity contribution in [3.05, 3.63) is 59.7 Å². The zero-order chi connectivity index (χ0) is 19.9. The number of hydrogen-bond donors (Lipinski definition) is 3. The average molecular weight is 421 g/mol. The zero-order valence-electron chi connectivity index (χ0n) is 13.5. The molecule has 3 N–H and O–H groups in total. The number of thioether (sulfide) groups is 1. The Bertz CT molecular complexity index is 933. The summed E-state index contributed by atoms with van der Waals surface area (Å²) in [5.74, 6) is -0.580. The van der Waals surface area contributed by atoms with Crippen LogP contribution in [0.1, 0.15) is 17.2 Å². The fraction of sp³-hybridized carbons (Fsp3) is 0.250. The molecule has 0 fully saturated rings. The molecule has 0 saturated carbocycles. The molecule has 0 aliphatic carbocycles. The van der Waals surface area contributed by atoms with E-state index in [4.69, 9.17) is 0 Å². The van der Waals surface area contributed by atoms with E-state index >= 15 is 0 Å². The Morgan fingerprint density at radius 1 is 1.15 bits per heavy atom. The van der Waals surface area contributed by atoms with Gasteiger partial charge in [-0.3, -0.25) is 0 Å². The summed E-state index contributed by atoms with van der Waals surface area (Å²) in [6, 6.07) is 12.0. The van der Waals surface area contributed by atoms with Crippen LogP contribution < -0.4 is 9.50 Å². The molecule has 27 heavy (non-hydrogen) atoms. The fourth-order valence-electron chi connectivity index (χ4n) is 2.57. The summed E-state index contributed by atoms with van der Waals surface area (Å²) in [6.07, 6.45) is 0. The van der Waals surface area contributed by atoms with Gasteiger partial charge < -0.3 is 19.7 Å². The van der Waals surface area contributed by atoms with E-state index in [1.165, 1.54) is 6.07 Å². The Morgan fingerprint density at radius 3 is 2.44 bits per heavy atom. The molecule has 6 nitrogen and oxygen atoms in total. The number of halogens is 3. The molecule has 1 unspecified atom stereocenters. The number of fused-ring (bicyclic) bond motifs is 1. The topological polar surface area (TPSA) is 95.9 Å². The summed E-state index contributed by atoms with van der Waals surface area (Å²) in [4.78, 5) is 0.175.